The molecule has 0 spiro atoms. The predicted molar refractivity (Wildman–Crippen MR) is 50.7 cm³/mol. The van der Waals surface area contributed by atoms with E-state index in [4.69, 9.17) is 0 Å². The van der Waals surface area contributed by atoms with E-state index < -0.39 is 5.60 Å². The van der Waals surface area contributed by atoms with Crippen molar-refractivity contribution < 1.29 is 5.11 Å². The summed E-state index contributed by atoms with van der Waals surface area (Å²) in [5, 5.41) is 9.56. The summed E-state index contributed by atoms with van der Waals surface area (Å²) in [4.78, 5) is 11.5. The first-order valence-corrected chi connectivity index (χ1v) is 4.26. The fraction of sp³-hybridized carbons (Fsp3) is 0.667. The van der Waals surface area contributed by atoms with Gasteiger partial charge in [-0.25, -0.2) is 4.79 Å². The Morgan fingerprint density at radius 1 is 1.54 bits per heavy atom. The van der Waals surface area contributed by atoms with Gasteiger partial charge in [-0.2, -0.15) is 0 Å². The van der Waals surface area contributed by atoms with Crippen LogP contribution >= 0.6 is 0 Å². The molecule has 4 nitrogen and oxygen atoms in total. The molecule has 0 bridgehead atoms. The molecule has 0 saturated carbocycles. The highest BCUT2D eigenvalue weighted by Crippen LogP contribution is 2.05. The molecular weight excluding hydrogens is 168 g/mol. The average molecular weight is 184 g/mol. The second-order valence-electron chi connectivity index (χ2n) is 4.06. The first-order chi connectivity index (χ1) is 5.81. The van der Waals surface area contributed by atoms with Crippen molar-refractivity contribution in [3.8, 4) is 0 Å². The lowest BCUT2D eigenvalue weighted by molar-refractivity contribution is 0.0598. The zero-order chi connectivity index (χ0) is 10.2. The second kappa shape index (κ2) is 3.03. The summed E-state index contributed by atoms with van der Waals surface area (Å²) in [5.41, 5.74) is -0.0649. The predicted octanol–water partition coefficient (Wildman–Crippen LogP) is 0.266. The van der Waals surface area contributed by atoms with Crippen LogP contribution in [0.4, 0.5) is 0 Å². The minimum absolute atomic E-state index is 0.0837. The van der Waals surface area contributed by atoms with Gasteiger partial charge >= 0.3 is 5.69 Å². The van der Waals surface area contributed by atoms with Crippen molar-refractivity contribution in [1.82, 2.24) is 9.13 Å². The van der Waals surface area contributed by atoms with Gasteiger partial charge in [-0.3, -0.25) is 4.57 Å². The lowest BCUT2D eigenvalue weighted by Gasteiger charge is -2.17. The number of rotatable bonds is 2. The first-order valence-electron chi connectivity index (χ1n) is 4.26. The summed E-state index contributed by atoms with van der Waals surface area (Å²) in [5.74, 6) is 0. The van der Waals surface area contributed by atoms with Crippen molar-refractivity contribution in [1.29, 1.82) is 0 Å². The molecule has 0 amide bonds. The van der Waals surface area contributed by atoms with Crippen molar-refractivity contribution in [3.63, 3.8) is 0 Å². The molecule has 1 aromatic heterocycles. The molecule has 0 radical (unpaired) electrons. The highest BCUT2D eigenvalue weighted by molar-refractivity contribution is 4.97. The van der Waals surface area contributed by atoms with Gasteiger partial charge in [0.1, 0.15) is 0 Å². The second-order valence-corrected chi connectivity index (χ2v) is 4.06. The quantitative estimate of drug-likeness (QED) is 0.717. The van der Waals surface area contributed by atoms with Crippen LogP contribution in [0.15, 0.2) is 11.0 Å². The van der Waals surface area contributed by atoms with Crippen LogP contribution in [-0.2, 0) is 13.6 Å². The lowest BCUT2D eigenvalue weighted by Crippen LogP contribution is -2.33. The minimum atomic E-state index is -0.851. The molecule has 0 aromatic carbocycles. The Labute approximate surface area is 77.4 Å². The summed E-state index contributed by atoms with van der Waals surface area (Å²) in [6, 6.07) is 0. The maximum atomic E-state index is 11.5. The molecule has 13 heavy (non-hydrogen) atoms. The molecule has 1 N–H and O–H groups in total. The van der Waals surface area contributed by atoms with Gasteiger partial charge in [0.2, 0.25) is 0 Å². The van der Waals surface area contributed by atoms with Crippen molar-refractivity contribution in [2.75, 3.05) is 0 Å². The molecule has 0 atom stereocenters. The van der Waals surface area contributed by atoms with E-state index >= 15 is 0 Å². The number of hydrogen-bond donors (Lipinski definition) is 1. The van der Waals surface area contributed by atoms with Crippen LogP contribution in [0, 0.1) is 6.92 Å². The van der Waals surface area contributed by atoms with Crippen LogP contribution in [0.5, 0.6) is 0 Å². The van der Waals surface area contributed by atoms with Gasteiger partial charge < -0.3 is 9.67 Å². The van der Waals surface area contributed by atoms with Gasteiger partial charge in [0, 0.05) is 18.9 Å². The Morgan fingerprint density at radius 2 is 2.08 bits per heavy atom. The fourth-order valence-corrected chi connectivity index (χ4v) is 1.33. The highest BCUT2D eigenvalue weighted by atomic mass is 16.3. The number of hydrogen-bond acceptors (Lipinski definition) is 2. The van der Waals surface area contributed by atoms with Crippen LogP contribution in [0.25, 0.3) is 0 Å². The third-order valence-corrected chi connectivity index (χ3v) is 1.88. The molecule has 74 valence electrons. The Bertz CT molecular complexity index is 355. The first kappa shape index (κ1) is 10.1. The molecule has 0 aliphatic heterocycles. The molecule has 0 unspecified atom stereocenters. The molecule has 4 heteroatoms. The van der Waals surface area contributed by atoms with Crippen molar-refractivity contribution in [2.24, 2.45) is 7.05 Å². The van der Waals surface area contributed by atoms with Crippen molar-refractivity contribution >= 4 is 0 Å². The lowest BCUT2D eigenvalue weighted by atomic mass is 10.1. The molecule has 1 aromatic rings. The fourth-order valence-electron chi connectivity index (χ4n) is 1.33. The number of nitrogens with zero attached hydrogens (tertiary/aromatic N) is 2. The Hall–Kier alpha value is -1.03. The molecular formula is C9H16N2O2. The summed E-state index contributed by atoms with van der Waals surface area (Å²) in [6.07, 6.45) is 1.76. The number of aryl methyl sites for hydroxylation is 2. The topological polar surface area (TPSA) is 47.2 Å². The van der Waals surface area contributed by atoms with Crippen LogP contribution in [0.3, 0.4) is 0 Å². The van der Waals surface area contributed by atoms with Gasteiger partial charge in [0.05, 0.1) is 12.1 Å². The van der Waals surface area contributed by atoms with Gasteiger partial charge in [0.25, 0.3) is 0 Å². The average Bonchev–Trinajstić information content (AvgIpc) is 2.14. The van der Waals surface area contributed by atoms with Gasteiger partial charge in [0.15, 0.2) is 0 Å². The van der Waals surface area contributed by atoms with E-state index in [1.54, 1.807) is 31.7 Å². The summed E-state index contributed by atoms with van der Waals surface area (Å²) < 4.78 is 3.08. The Balaban J connectivity index is 3.09. The van der Waals surface area contributed by atoms with Gasteiger partial charge in [-0.05, 0) is 20.8 Å². The van der Waals surface area contributed by atoms with Crippen molar-refractivity contribution in [2.45, 2.75) is 32.9 Å². The van der Waals surface area contributed by atoms with E-state index in [1.807, 2.05) is 6.92 Å². The smallest absolute Gasteiger partial charge is 0.328 e. The Kier molecular flexibility index (Phi) is 2.34. The van der Waals surface area contributed by atoms with E-state index in [9.17, 15) is 9.90 Å². The normalized spacial score (nSPS) is 12.1. The number of aromatic nitrogens is 2. The zero-order valence-corrected chi connectivity index (χ0v) is 8.53. The maximum Gasteiger partial charge on any atom is 0.328 e. The van der Waals surface area contributed by atoms with Crippen molar-refractivity contribution in [3.05, 3.63) is 22.4 Å². The van der Waals surface area contributed by atoms with Crippen LogP contribution in [-0.4, -0.2) is 19.8 Å². The summed E-state index contributed by atoms with van der Waals surface area (Å²) in [6.45, 7) is 5.56. The SMILES string of the molecule is Cc1cn(C)c(=O)n1CC(C)(C)O. The molecule has 1 rings (SSSR count). The number of aliphatic hydroxyl groups is 1. The maximum absolute atomic E-state index is 11.5. The van der Waals surface area contributed by atoms with E-state index in [2.05, 4.69) is 0 Å². The highest BCUT2D eigenvalue weighted by Gasteiger charge is 2.16. The van der Waals surface area contributed by atoms with E-state index in [-0.39, 0.29) is 5.69 Å². The van der Waals surface area contributed by atoms with E-state index in [1.165, 1.54) is 4.57 Å². The van der Waals surface area contributed by atoms with E-state index in [0.29, 0.717) is 6.54 Å². The largest absolute Gasteiger partial charge is 0.389 e. The van der Waals surface area contributed by atoms with Gasteiger partial charge in [-0.1, -0.05) is 0 Å². The molecule has 0 saturated heterocycles. The zero-order valence-electron chi connectivity index (χ0n) is 8.53. The third kappa shape index (κ3) is 2.21. The minimum Gasteiger partial charge on any atom is -0.389 e. The molecule has 0 aliphatic rings. The van der Waals surface area contributed by atoms with Gasteiger partial charge in [-0.15, -0.1) is 0 Å². The molecule has 0 fully saturated rings. The van der Waals surface area contributed by atoms with Crippen LogP contribution < -0.4 is 5.69 Å². The summed E-state index contributed by atoms with van der Waals surface area (Å²) in [7, 11) is 1.70. The monoisotopic (exact) mass is 184 g/mol. The third-order valence-electron chi connectivity index (χ3n) is 1.88. The van der Waals surface area contributed by atoms with Crippen LogP contribution in [0.2, 0.25) is 0 Å². The Morgan fingerprint density at radius 3 is 2.38 bits per heavy atom. The van der Waals surface area contributed by atoms with Crippen LogP contribution in [0.1, 0.15) is 19.5 Å². The van der Waals surface area contributed by atoms with E-state index in [0.717, 1.165) is 5.69 Å². The molecule has 0 aliphatic carbocycles. The summed E-state index contributed by atoms with van der Waals surface area (Å²) >= 11 is 0. The standard InChI is InChI=1S/C9H16N2O2/c1-7-5-10(4)8(12)11(7)6-9(2,3)13/h5,13H,6H2,1-4H3. The number of imidazole rings is 1. The molecule has 1 heterocycles.